The number of nitrogens with two attached hydrogens (primary N) is 1. The zero-order valence-corrected chi connectivity index (χ0v) is 12.2. The average molecular weight is 309 g/mol. The molecule has 5 nitrogen and oxygen atoms in total. The smallest absolute Gasteiger partial charge is 0.251 e. The molecule has 0 heterocycles. The van der Waals surface area contributed by atoms with E-state index in [0.717, 1.165) is 6.42 Å². The van der Waals surface area contributed by atoms with E-state index < -0.39 is 17.9 Å². The topological polar surface area (TPSA) is 89.3 Å². The Morgan fingerprint density at radius 3 is 2.52 bits per heavy atom. The van der Waals surface area contributed by atoms with Gasteiger partial charge in [0.15, 0.2) is 0 Å². The molecule has 6 heteroatoms. The minimum Gasteiger partial charge on any atom is -0.368 e. The standard InChI is InChI=1S/C15H17ClN2O3/c16-11-6-4-9(5-7-11)15(21)18-13(14(17)20)10-2-1-3-12(19)8-10/h4-7,10,13H,1-3,8H2,(H2,17,20)(H,18,21)/t10-,13+/m0/s1. The van der Waals surface area contributed by atoms with Crippen molar-refractivity contribution < 1.29 is 14.4 Å². The van der Waals surface area contributed by atoms with Crippen molar-refractivity contribution in [2.45, 2.75) is 31.7 Å². The third-order valence-corrected chi connectivity index (χ3v) is 3.94. The highest BCUT2D eigenvalue weighted by Crippen LogP contribution is 2.24. The highest BCUT2D eigenvalue weighted by atomic mass is 35.5. The molecule has 1 aromatic carbocycles. The van der Waals surface area contributed by atoms with E-state index in [1.165, 1.54) is 0 Å². The maximum atomic E-state index is 12.1. The number of amides is 2. The van der Waals surface area contributed by atoms with Gasteiger partial charge in [0.25, 0.3) is 5.91 Å². The molecule has 1 saturated carbocycles. The second-order valence-electron chi connectivity index (χ2n) is 5.26. The molecule has 0 aliphatic heterocycles. The van der Waals surface area contributed by atoms with Gasteiger partial charge in [-0.3, -0.25) is 14.4 Å². The van der Waals surface area contributed by atoms with E-state index in [2.05, 4.69) is 5.32 Å². The Morgan fingerprint density at radius 2 is 1.95 bits per heavy atom. The Balaban J connectivity index is 2.08. The quantitative estimate of drug-likeness (QED) is 0.887. The van der Waals surface area contributed by atoms with E-state index >= 15 is 0 Å². The maximum Gasteiger partial charge on any atom is 0.251 e. The van der Waals surface area contributed by atoms with Gasteiger partial charge in [0, 0.05) is 23.4 Å². The molecule has 0 aromatic heterocycles. The molecule has 1 aliphatic rings. The number of benzene rings is 1. The van der Waals surface area contributed by atoms with Crippen molar-refractivity contribution in [2.75, 3.05) is 0 Å². The summed E-state index contributed by atoms with van der Waals surface area (Å²) in [5.74, 6) is -1.12. The molecule has 2 rings (SSSR count). The van der Waals surface area contributed by atoms with Crippen LogP contribution in [0.2, 0.25) is 5.02 Å². The van der Waals surface area contributed by atoms with Gasteiger partial charge in [-0.1, -0.05) is 11.6 Å². The highest BCUT2D eigenvalue weighted by molar-refractivity contribution is 6.30. The van der Waals surface area contributed by atoms with Crippen LogP contribution in [0.25, 0.3) is 0 Å². The third kappa shape index (κ3) is 4.04. The molecule has 0 bridgehead atoms. The van der Waals surface area contributed by atoms with Crippen LogP contribution in [0.15, 0.2) is 24.3 Å². The van der Waals surface area contributed by atoms with E-state index in [0.29, 0.717) is 23.4 Å². The summed E-state index contributed by atoms with van der Waals surface area (Å²) in [5, 5.41) is 3.16. The molecule has 1 aliphatic carbocycles. The van der Waals surface area contributed by atoms with Crippen LogP contribution < -0.4 is 11.1 Å². The number of carbonyl (C=O) groups excluding carboxylic acids is 3. The van der Waals surface area contributed by atoms with Crippen molar-refractivity contribution in [1.82, 2.24) is 5.32 Å². The zero-order valence-electron chi connectivity index (χ0n) is 11.5. The number of primary amides is 1. The van der Waals surface area contributed by atoms with Crippen molar-refractivity contribution in [2.24, 2.45) is 11.7 Å². The summed E-state index contributed by atoms with van der Waals surface area (Å²) >= 11 is 5.77. The molecule has 1 aromatic rings. The molecule has 112 valence electrons. The SMILES string of the molecule is NC(=O)[C@H](NC(=O)c1ccc(Cl)cc1)[C@H]1CCCC(=O)C1. The monoisotopic (exact) mass is 308 g/mol. The van der Waals surface area contributed by atoms with Crippen molar-refractivity contribution in [1.29, 1.82) is 0 Å². The first-order valence-corrected chi connectivity index (χ1v) is 7.22. The van der Waals surface area contributed by atoms with Crippen molar-refractivity contribution in [3.05, 3.63) is 34.9 Å². The fourth-order valence-electron chi connectivity index (χ4n) is 2.59. The highest BCUT2D eigenvalue weighted by Gasteiger charge is 2.32. The molecule has 2 amide bonds. The summed E-state index contributed by atoms with van der Waals surface area (Å²) in [7, 11) is 0. The van der Waals surface area contributed by atoms with Crippen molar-refractivity contribution in [3.63, 3.8) is 0 Å². The van der Waals surface area contributed by atoms with Gasteiger partial charge in [-0.2, -0.15) is 0 Å². The van der Waals surface area contributed by atoms with Crippen LogP contribution in [0.5, 0.6) is 0 Å². The van der Waals surface area contributed by atoms with Gasteiger partial charge in [0.2, 0.25) is 5.91 Å². The molecular formula is C15H17ClN2O3. The predicted molar refractivity (Wildman–Crippen MR) is 78.9 cm³/mol. The van der Waals surface area contributed by atoms with E-state index in [-0.39, 0.29) is 18.1 Å². The lowest BCUT2D eigenvalue weighted by Gasteiger charge is -2.28. The summed E-state index contributed by atoms with van der Waals surface area (Å²) in [6, 6.07) is 5.51. The molecule has 2 atom stereocenters. The lowest BCUT2D eigenvalue weighted by atomic mass is 9.82. The third-order valence-electron chi connectivity index (χ3n) is 3.69. The van der Waals surface area contributed by atoms with Gasteiger partial charge < -0.3 is 11.1 Å². The Hall–Kier alpha value is -1.88. The second kappa shape index (κ2) is 6.72. The Morgan fingerprint density at radius 1 is 1.29 bits per heavy atom. The minimum absolute atomic E-state index is 0.109. The summed E-state index contributed by atoms with van der Waals surface area (Å²) in [6.07, 6.45) is 2.26. The number of hydrogen-bond acceptors (Lipinski definition) is 3. The van der Waals surface area contributed by atoms with E-state index in [9.17, 15) is 14.4 Å². The first-order chi connectivity index (χ1) is 9.97. The van der Waals surface area contributed by atoms with Crippen LogP contribution in [-0.4, -0.2) is 23.6 Å². The normalized spacial score (nSPS) is 19.9. The van der Waals surface area contributed by atoms with Crippen molar-refractivity contribution >= 4 is 29.2 Å². The number of halogens is 1. The molecule has 0 radical (unpaired) electrons. The Labute approximate surface area is 127 Å². The van der Waals surface area contributed by atoms with Gasteiger partial charge in [-0.05, 0) is 43.0 Å². The Bertz CT molecular complexity index is 557. The van der Waals surface area contributed by atoms with Gasteiger partial charge in [-0.25, -0.2) is 0 Å². The number of Topliss-reactive ketones (excluding diaryl/α,β-unsaturated/α-hetero) is 1. The molecular weight excluding hydrogens is 292 g/mol. The van der Waals surface area contributed by atoms with Gasteiger partial charge >= 0.3 is 0 Å². The average Bonchev–Trinajstić information content (AvgIpc) is 2.45. The summed E-state index contributed by atoms with van der Waals surface area (Å²) in [6.45, 7) is 0. The Kier molecular flexibility index (Phi) is 4.96. The number of hydrogen-bond donors (Lipinski definition) is 2. The summed E-state index contributed by atoms with van der Waals surface area (Å²) < 4.78 is 0. The summed E-state index contributed by atoms with van der Waals surface area (Å²) in [5.41, 5.74) is 5.77. The molecule has 0 unspecified atom stereocenters. The van der Waals surface area contributed by atoms with Crippen molar-refractivity contribution in [3.8, 4) is 0 Å². The van der Waals surface area contributed by atoms with E-state index in [4.69, 9.17) is 17.3 Å². The van der Waals surface area contributed by atoms with E-state index in [1.54, 1.807) is 24.3 Å². The lowest BCUT2D eigenvalue weighted by Crippen LogP contribution is -2.50. The van der Waals surface area contributed by atoms with Gasteiger partial charge in [-0.15, -0.1) is 0 Å². The fourth-order valence-corrected chi connectivity index (χ4v) is 2.72. The van der Waals surface area contributed by atoms with Crippen LogP contribution in [0, 0.1) is 5.92 Å². The lowest BCUT2D eigenvalue weighted by molar-refractivity contribution is -0.124. The van der Waals surface area contributed by atoms with Crippen LogP contribution >= 0.6 is 11.6 Å². The molecule has 1 fully saturated rings. The van der Waals surface area contributed by atoms with Gasteiger partial charge in [0.05, 0.1) is 0 Å². The second-order valence-corrected chi connectivity index (χ2v) is 5.69. The fraction of sp³-hybridized carbons (Fsp3) is 0.400. The van der Waals surface area contributed by atoms with Crippen LogP contribution in [0.3, 0.4) is 0 Å². The van der Waals surface area contributed by atoms with Crippen LogP contribution in [0.4, 0.5) is 0 Å². The van der Waals surface area contributed by atoms with Crippen LogP contribution in [0.1, 0.15) is 36.0 Å². The molecule has 0 spiro atoms. The minimum atomic E-state index is -0.822. The molecule has 0 saturated heterocycles. The number of carbonyl (C=O) groups is 3. The predicted octanol–water partition coefficient (Wildman–Crippen LogP) is 1.68. The number of nitrogens with one attached hydrogen (secondary N) is 1. The van der Waals surface area contributed by atoms with E-state index in [1.807, 2.05) is 0 Å². The molecule has 3 N–H and O–H groups in total. The molecule has 21 heavy (non-hydrogen) atoms. The first kappa shape index (κ1) is 15.5. The first-order valence-electron chi connectivity index (χ1n) is 6.85. The van der Waals surface area contributed by atoms with Crippen LogP contribution in [-0.2, 0) is 9.59 Å². The summed E-state index contributed by atoms with van der Waals surface area (Å²) in [4.78, 5) is 35.3. The van der Waals surface area contributed by atoms with Gasteiger partial charge in [0.1, 0.15) is 11.8 Å². The number of rotatable bonds is 4. The number of ketones is 1. The maximum absolute atomic E-state index is 12.1. The zero-order chi connectivity index (χ0) is 15.4. The largest absolute Gasteiger partial charge is 0.368 e.